The smallest absolute Gasteiger partial charge is 0.339 e. The summed E-state index contributed by atoms with van der Waals surface area (Å²) >= 11 is 0. The van der Waals surface area contributed by atoms with E-state index in [1.54, 1.807) is 6.07 Å². The van der Waals surface area contributed by atoms with Crippen LogP contribution in [0.25, 0.3) is 0 Å². The number of cyclic esters (lactones) is 1. The number of amides is 1. The van der Waals surface area contributed by atoms with Crippen molar-refractivity contribution in [3.63, 3.8) is 0 Å². The zero-order chi connectivity index (χ0) is 15.0. The number of carbonyl (C=O) groups excluding carboxylic acids is 2. The molecule has 110 valence electrons. The van der Waals surface area contributed by atoms with Crippen molar-refractivity contribution in [2.45, 2.75) is 45.6 Å². The van der Waals surface area contributed by atoms with Crippen molar-refractivity contribution in [2.75, 3.05) is 5.01 Å². The second-order valence-corrected chi connectivity index (χ2v) is 5.53. The maximum Gasteiger partial charge on any atom is 0.339 e. The van der Waals surface area contributed by atoms with Gasteiger partial charge in [-0.25, -0.2) is 9.80 Å². The largest absolute Gasteiger partial charge is 0.454 e. The van der Waals surface area contributed by atoms with Crippen molar-refractivity contribution in [3.05, 3.63) is 29.3 Å². The molecule has 1 atom stereocenters. The van der Waals surface area contributed by atoms with Gasteiger partial charge in [0, 0.05) is 11.3 Å². The number of esters is 1. The van der Waals surface area contributed by atoms with Crippen molar-refractivity contribution >= 4 is 23.3 Å². The number of rotatable bonds is 4. The lowest BCUT2D eigenvalue weighted by atomic mass is 10.0. The van der Waals surface area contributed by atoms with Crippen LogP contribution >= 0.6 is 0 Å². The number of hydrogen-bond donors (Lipinski definition) is 0. The first-order valence-electron chi connectivity index (χ1n) is 7.32. The van der Waals surface area contributed by atoms with E-state index in [-0.39, 0.29) is 18.0 Å². The lowest BCUT2D eigenvalue weighted by Crippen LogP contribution is -2.19. The highest BCUT2D eigenvalue weighted by molar-refractivity contribution is 6.12. The van der Waals surface area contributed by atoms with Crippen LogP contribution in [0.2, 0.25) is 0 Å². The molecule has 1 aromatic carbocycles. The molecular weight excluding hydrogens is 268 g/mol. The second-order valence-electron chi connectivity index (χ2n) is 5.53. The Kier molecular flexibility index (Phi) is 3.49. The molecule has 0 saturated carbocycles. The first-order chi connectivity index (χ1) is 10.1. The molecule has 0 radical (unpaired) electrons. The van der Waals surface area contributed by atoms with Crippen LogP contribution in [0.15, 0.2) is 23.3 Å². The van der Waals surface area contributed by atoms with Gasteiger partial charge < -0.3 is 4.74 Å². The van der Waals surface area contributed by atoms with Gasteiger partial charge in [-0.05, 0) is 31.9 Å². The summed E-state index contributed by atoms with van der Waals surface area (Å²) in [5, 5.41) is 5.57. The van der Waals surface area contributed by atoms with E-state index >= 15 is 0 Å². The summed E-state index contributed by atoms with van der Waals surface area (Å²) in [4.78, 5) is 23.9. The van der Waals surface area contributed by atoms with Gasteiger partial charge in [-0.1, -0.05) is 19.4 Å². The molecule has 0 saturated heterocycles. The quantitative estimate of drug-likeness (QED) is 0.799. The summed E-state index contributed by atoms with van der Waals surface area (Å²) < 4.78 is 5.42. The molecule has 0 bridgehead atoms. The summed E-state index contributed by atoms with van der Waals surface area (Å²) in [6.45, 7) is 3.93. The number of benzene rings is 1. The Morgan fingerprint density at radius 2 is 2.19 bits per heavy atom. The Balaban J connectivity index is 1.90. The van der Waals surface area contributed by atoms with Crippen molar-refractivity contribution in [1.82, 2.24) is 0 Å². The molecule has 0 aliphatic carbocycles. The van der Waals surface area contributed by atoms with E-state index in [1.165, 1.54) is 5.01 Å². The fourth-order valence-corrected chi connectivity index (χ4v) is 2.75. The van der Waals surface area contributed by atoms with Crippen molar-refractivity contribution in [1.29, 1.82) is 0 Å². The minimum atomic E-state index is -0.305. The van der Waals surface area contributed by atoms with Crippen LogP contribution in [-0.4, -0.2) is 17.6 Å². The Labute approximate surface area is 123 Å². The molecule has 1 amide bonds. The van der Waals surface area contributed by atoms with Crippen LogP contribution in [0, 0.1) is 0 Å². The number of carbonyl (C=O) groups is 2. The van der Waals surface area contributed by atoms with Crippen LogP contribution < -0.4 is 5.01 Å². The number of fused-ring (bicyclic) bond motifs is 1. The highest BCUT2D eigenvalue weighted by Gasteiger charge is 2.32. The Hall–Kier alpha value is -2.17. The van der Waals surface area contributed by atoms with Crippen molar-refractivity contribution < 1.29 is 14.3 Å². The number of hydrazone groups is 1. The van der Waals surface area contributed by atoms with Crippen LogP contribution in [0.5, 0.6) is 0 Å². The highest BCUT2D eigenvalue weighted by atomic mass is 16.5. The molecule has 0 fully saturated rings. The monoisotopic (exact) mass is 286 g/mol. The number of ether oxygens (including phenoxy) is 1. The van der Waals surface area contributed by atoms with Gasteiger partial charge in [0.1, 0.15) is 6.10 Å². The Morgan fingerprint density at radius 1 is 1.38 bits per heavy atom. The molecule has 0 N–H and O–H groups in total. The normalized spacial score (nSPS) is 20.6. The van der Waals surface area contributed by atoms with Crippen molar-refractivity contribution in [3.8, 4) is 0 Å². The molecule has 21 heavy (non-hydrogen) atoms. The van der Waals surface area contributed by atoms with Gasteiger partial charge in [0.05, 0.1) is 17.7 Å². The minimum absolute atomic E-state index is 0.0682. The third kappa shape index (κ3) is 2.44. The highest BCUT2D eigenvalue weighted by Crippen LogP contribution is 2.36. The molecule has 1 aromatic rings. The number of nitrogens with zero attached hydrogens (tertiary/aromatic N) is 2. The van der Waals surface area contributed by atoms with Gasteiger partial charge in [0.25, 0.3) is 5.91 Å². The maximum absolute atomic E-state index is 12.0. The van der Waals surface area contributed by atoms with Gasteiger partial charge >= 0.3 is 5.97 Å². The zero-order valence-corrected chi connectivity index (χ0v) is 12.3. The molecule has 2 heterocycles. The van der Waals surface area contributed by atoms with Gasteiger partial charge in [-0.2, -0.15) is 5.10 Å². The number of hydrogen-bond acceptors (Lipinski definition) is 4. The summed E-state index contributed by atoms with van der Waals surface area (Å²) in [5.41, 5.74) is 2.89. The fourth-order valence-electron chi connectivity index (χ4n) is 2.75. The Morgan fingerprint density at radius 3 is 2.86 bits per heavy atom. The predicted molar refractivity (Wildman–Crippen MR) is 79.3 cm³/mol. The standard InChI is InChI=1S/C16H18N2O3/c1-3-4-5-14-12-7-6-11(9-13(12)16(20)21-14)18-15(19)8-10(2)17-18/h6-7,9,14H,3-5,8H2,1-2H3. The van der Waals surface area contributed by atoms with Gasteiger partial charge in [0.2, 0.25) is 0 Å². The summed E-state index contributed by atoms with van der Waals surface area (Å²) in [7, 11) is 0. The van der Waals surface area contributed by atoms with Crippen LogP contribution in [0.3, 0.4) is 0 Å². The van der Waals surface area contributed by atoms with E-state index in [4.69, 9.17) is 4.74 Å². The topological polar surface area (TPSA) is 59.0 Å². The average molecular weight is 286 g/mol. The number of unbranched alkanes of at least 4 members (excludes halogenated alkanes) is 1. The molecule has 2 aliphatic heterocycles. The Bertz CT molecular complexity index is 636. The SMILES string of the molecule is CCCCC1OC(=O)c2cc(N3N=C(C)CC3=O)ccc21. The van der Waals surface area contributed by atoms with Crippen LogP contribution in [0.1, 0.15) is 61.6 Å². The lowest BCUT2D eigenvalue weighted by molar-refractivity contribution is -0.116. The summed E-state index contributed by atoms with van der Waals surface area (Å²) in [6.07, 6.45) is 3.11. The van der Waals surface area contributed by atoms with Gasteiger partial charge in [-0.15, -0.1) is 0 Å². The van der Waals surface area contributed by atoms with Crippen LogP contribution in [0.4, 0.5) is 5.69 Å². The second kappa shape index (κ2) is 5.31. The maximum atomic E-state index is 12.0. The summed E-state index contributed by atoms with van der Waals surface area (Å²) in [6, 6.07) is 5.43. The van der Waals surface area contributed by atoms with Gasteiger partial charge in [-0.3, -0.25) is 4.79 Å². The van der Waals surface area contributed by atoms with Crippen molar-refractivity contribution in [2.24, 2.45) is 5.10 Å². The van der Waals surface area contributed by atoms with E-state index in [0.717, 1.165) is 30.5 Å². The van der Waals surface area contributed by atoms with E-state index < -0.39 is 0 Å². The fraction of sp³-hybridized carbons (Fsp3) is 0.438. The van der Waals surface area contributed by atoms with E-state index in [9.17, 15) is 9.59 Å². The van der Waals surface area contributed by atoms with E-state index in [2.05, 4.69) is 12.0 Å². The van der Waals surface area contributed by atoms with Gasteiger partial charge in [0.15, 0.2) is 0 Å². The molecule has 5 heteroatoms. The number of anilines is 1. The molecule has 0 aromatic heterocycles. The lowest BCUT2D eigenvalue weighted by Gasteiger charge is -2.13. The van der Waals surface area contributed by atoms with E-state index in [0.29, 0.717) is 17.7 Å². The van der Waals surface area contributed by atoms with E-state index in [1.807, 2.05) is 19.1 Å². The minimum Gasteiger partial charge on any atom is -0.454 e. The molecule has 0 spiro atoms. The first-order valence-corrected chi connectivity index (χ1v) is 7.32. The molecule has 2 aliphatic rings. The predicted octanol–water partition coefficient (Wildman–Crippen LogP) is 3.20. The third-order valence-corrected chi connectivity index (χ3v) is 3.83. The first kappa shape index (κ1) is 13.8. The molecule has 1 unspecified atom stereocenters. The third-order valence-electron chi connectivity index (χ3n) is 3.83. The molecule has 5 nitrogen and oxygen atoms in total. The molecule has 3 rings (SSSR count). The molecular formula is C16H18N2O3. The summed E-state index contributed by atoms with van der Waals surface area (Å²) in [5.74, 6) is -0.373. The zero-order valence-electron chi connectivity index (χ0n) is 12.3. The van der Waals surface area contributed by atoms with Crippen LogP contribution in [-0.2, 0) is 9.53 Å². The average Bonchev–Trinajstić information content (AvgIpc) is 2.96.